The van der Waals surface area contributed by atoms with Gasteiger partial charge in [0.05, 0.1) is 19.3 Å². The van der Waals surface area contributed by atoms with E-state index in [0.29, 0.717) is 37.4 Å². The molecule has 1 amide bonds. The molecule has 0 aromatic carbocycles. The minimum Gasteiger partial charge on any atom is -0.481 e. The lowest BCUT2D eigenvalue weighted by molar-refractivity contribution is -0.124. The molecule has 3 aliphatic heterocycles. The fourth-order valence-electron chi connectivity index (χ4n) is 5.30. The lowest BCUT2D eigenvalue weighted by Gasteiger charge is -2.43. The first-order chi connectivity index (χ1) is 15.1. The molecule has 0 aliphatic carbocycles. The Balaban J connectivity index is 1.32. The van der Waals surface area contributed by atoms with E-state index in [1.807, 2.05) is 28.8 Å². The van der Waals surface area contributed by atoms with Crippen LogP contribution in [-0.4, -0.2) is 65.1 Å². The van der Waals surface area contributed by atoms with Crippen molar-refractivity contribution in [1.29, 1.82) is 0 Å². The van der Waals surface area contributed by atoms with Gasteiger partial charge in [-0.15, -0.1) is 0 Å². The Bertz CT molecular complexity index is 1040. The molecule has 2 aromatic heterocycles. The molecule has 2 aromatic rings. The molecule has 2 fully saturated rings. The van der Waals surface area contributed by atoms with Crippen molar-refractivity contribution in [3.8, 4) is 5.88 Å². The third kappa shape index (κ3) is 4.22. The van der Waals surface area contributed by atoms with Gasteiger partial charge in [-0.1, -0.05) is 12.1 Å². The van der Waals surface area contributed by atoms with Crippen molar-refractivity contribution >= 4 is 5.91 Å². The Kier molecular flexibility index (Phi) is 5.50. The molecule has 0 spiro atoms. The van der Waals surface area contributed by atoms with Crippen molar-refractivity contribution < 1.29 is 9.53 Å². The number of amides is 1. The Labute approximate surface area is 181 Å². The molecule has 8 nitrogen and oxygen atoms in total. The van der Waals surface area contributed by atoms with Crippen LogP contribution in [0.15, 0.2) is 35.1 Å². The molecule has 0 saturated carbocycles. The summed E-state index contributed by atoms with van der Waals surface area (Å²) < 4.78 is 7.26. The number of likely N-dealkylation sites (tertiary alicyclic amines) is 1. The Morgan fingerprint density at radius 3 is 2.84 bits per heavy atom. The molecule has 8 heteroatoms. The van der Waals surface area contributed by atoms with Gasteiger partial charge in [0, 0.05) is 69.1 Å². The van der Waals surface area contributed by atoms with Gasteiger partial charge in [0.1, 0.15) is 0 Å². The van der Waals surface area contributed by atoms with E-state index in [1.54, 1.807) is 7.11 Å². The number of methoxy groups -OCH3 is 1. The normalized spacial score (nSPS) is 23.8. The summed E-state index contributed by atoms with van der Waals surface area (Å²) in [4.78, 5) is 34.0. The first kappa shape index (κ1) is 20.2. The van der Waals surface area contributed by atoms with Crippen molar-refractivity contribution in [2.24, 2.45) is 5.92 Å². The van der Waals surface area contributed by atoms with Gasteiger partial charge < -0.3 is 14.6 Å². The predicted molar refractivity (Wildman–Crippen MR) is 116 cm³/mol. The smallest absolute Gasteiger partial charge is 0.255 e. The van der Waals surface area contributed by atoms with Crippen molar-refractivity contribution in [2.45, 2.75) is 32.0 Å². The van der Waals surface area contributed by atoms with Crippen LogP contribution in [0.5, 0.6) is 5.88 Å². The number of ether oxygens (including phenoxy) is 1. The average Bonchev–Trinajstić information content (AvgIpc) is 2.76. The van der Waals surface area contributed by atoms with Crippen LogP contribution in [0.3, 0.4) is 0 Å². The number of nitrogens with zero attached hydrogens (tertiary/aromatic N) is 4. The average molecular weight is 424 g/mol. The van der Waals surface area contributed by atoms with E-state index in [-0.39, 0.29) is 11.5 Å². The molecular formula is C23H29N5O3. The van der Waals surface area contributed by atoms with E-state index >= 15 is 0 Å². The van der Waals surface area contributed by atoms with Crippen LogP contribution in [0.2, 0.25) is 0 Å². The molecule has 2 atom stereocenters. The Hall–Kier alpha value is -2.71. The molecule has 5 heterocycles. The van der Waals surface area contributed by atoms with E-state index in [2.05, 4.69) is 26.2 Å². The largest absolute Gasteiger partial charge is 0.481 e. The van der Waals surface area contributed by atoms with Gasteiger partial charge in [-0.3, -0.25) is 19.4 Å². The molecule has 0 unspecified atom stereocenters. The third-order valence-corrected chi connectivity index (χ3v) is 6.65. The van der Waals surface area contributed by atoms with Gasteiger partial charge in [0.25, 0.3) is 5.56 Å². The monoisotopic (exact) mass is 423 g/mol. The summed E-state index contributed by atoms with van der Waals surface area (Å²) in [5.41, 5.74) is 3.05. The number of aromatic nitrogens is 2. The summed E-state index contributed by atoms with van der Waals surface area (Å²) in [6.07, 6.45) is 1.13. The van der Waals surface area contributed by atoms with Crippen LogP contribution in [0.25, 0.3) is 0 Å². The number of carbonyl (C=O) groups is 1. The molecule has 0 radical (unpaired) electrons. The summed E-state index contributed by atoms with van der Waals surface area (Å²) in [6.45, 7) is 5.79. The van der Waals surface area contributed by atoms with Crippen molar-refractivity contribution in [3.05, 3.63) is 57.6 Å². The topological polar surface area (TPSA) is 79.7 Å². The minimum atomic E-state index is 0.0319. The molecule has 5 rings (SSSR count). The molecule has 31 heavy (non-hydrogen) atoms. The second-order valence-corrected chi connectivity index (χ2v) is 8.92. The van der Waals surface area contributed by atoms with Gasteiger partial charge in [-0.05, 0) is 24.5 Å². The van der Waals surface area contributed by atoms with Gasteiger partial charge in [0.15, 0.2) is 0 Å². The number of hydrogen-bond donors (Lipinski definition) is 1. The number of fused-ring (bicyclic) bond motifs is 4. The highest BCUT2D eigenvalue weighted by molar-refractivity contribution is 5.78. The molecule has 1 N–H and O–H groups in total. The van der Waals surface area contributed by atoms with E-state index < -0.39 is 0 Å². The Morgan fingerprint density at radius 2 is 2.00 bits per heavy atom. The number of pyridine rings is 2. The standard InChI is InChI=1S/C23H29N5O3/c1-31-22-4-2-3-19(25-22)14-27-10-16-9-18(13-27)20-6-5-17(23(30)28(20)11-16)12-26-8-7-24-21(29)15-26/h2-6,16,18H,7-15H2,1H3,(H,24,29)/t16-,18+/m0/s1. The van der Waals surface area contributed by atoms with Crippen LogP contribution in [-0.2, 0) is 24.4 Å². The van der Waals surface area contributed by atoms with Crippen LogP contribution in [0.1, 0.15) is 29.3 Å². The second kappa shape index (κ2) is 8.43. The van der Waals surface area contributed by atoms with Crippen molar-refractivity contribution in [3.63, 3.8) is 0 Å². The fraction of sp³-hybridized carbons (Fsp3) is 0.522. The van der Waals surface area contributed by atoms with Crippen LogP contribution in [0, 0.1) is 5.92 Å². The minimum absolute atomic E-state index is 0.0319. The Morgan fingerprint density at radius 1 is 1.10 bits per heavy atom. The number of rotatable bonds is 5. The zero-order valence-corrected chi connectivity index (χ0v) is 17.9. The summed E-state index contributed by atoms with van der Waals surface area (Å²) in [5, 5.41) is 2.84. The highest BCUT2D eigenvalue weighted by Gasteiger charge is 2.35. The summed E-state index contributed by atoms with van der Waals surface area (Å²) in [5.74, 6) is 1.50. The molecule has 2 bridgehead atoms. The SMILES string of the molecule is COc1cccc(CN2C[C@@H]3C[C@H](C2)c2ccc(CN4CCNC(=O)C4)c(=O)n2C3)n1. The van der Waals surface area contributed by atoms with Crippen molar-refractivity contribution in [2.75, 3.05) is 39.8 Å². The van der Waals surface area contributed by atoms with Gasteiger partial charge in [-0.2, -0.15) is 0 Å². The van der Waals surface area contributed by atoms with E-state index in [9.17, 15) is 9.59 Å². The third-order valence-electron chi connectivity index (χ3n) is 6.65. The van der Waals surface area contributed by atoms with Crippen LogP contribution in [0.4, 0.5) is 0 Å². The highest BCUT2D eigenvalue weighted by Crippen LogP contribution is 2.35. The fourth-order valence-corrected chi connectivity index (χ4v) is 5.30. The van der Waals surface area contributed by atoms with E-state index in [4.69, 9.17) is 4.74 Å². The summed E-state index contributed by atoms with van der Waals surface area (Å²) in [6, 6.07) is 10.00. The number of hydrogen-bond acceptors (Lipinski definition) is 6. The van der Waals surface area contributed by atoms with Crippen LogP contribution >= 0.6 is 0 Å². The molecule has 2 saturated heterocycles. The van der Waals surface area contributed by atoms with E-state index in [1.165, 1.54) is 0 Å². The van der Waals surface area contributed by atoms with Gasteiger partial charge in [-0.25, -0.2) is 4.98 Å². The zero-order valence-electron chi connectivity index (χ0n) is 17.9. The zero-order chi connectivity index (χ0) is 21.4. The highest BCUT2D eigenvalue weighted by atomic mass is 16.5. The number of nitrogens with one attached hydrogen (secondary N) is 1. The van der Waals surface area contributed by atoms with E-state index in [0.717, 1.165) is 56.1 Å². The summed E-state index contributed by atoms with van der Waals surface area (Å²) in [7, 11) is 1.64. The molecule has 164 valence electrons. The maximum absolute atomic E-state index is 13.2. The predicted octanol–water partition coefficient (Wildman–Crippen LogP) is 0.803. The number of piperazine rings is 1. The lowest BCUT2D eigenvalue weighted by atomic mass is 9.83. The van der Waals surface area contributed by atoms with Crippen LogP contribution < -0.4 is 15.6 Å². The first-order valence-electron chi connectivity index (χ1n) is 11.0. The second-order valence-electron chi connectivity index (χ2n) is 8.92. The first-order valence-corrected chi connectivity index (χ1v) is 11.0. The maximum Gasteiger partial charge on any atom is 0.255 e. The quantitative estimate of drug-likeness (QED) is 0.767. The molecule has 3 aliphatic rings. The number of piperidine rings is 1. The van der Waals surface area contributed by atoms with Crippen molar-refractivity contribution in [1.82, 2.24) is 24.7 Å². The maximum atomic E-state index is 13.2. The van der Waals surface area contributed by atoms with Gasteiger partial charge >= 0.3 is 0 Å². The van der Waals surface area contributed by atoms with Gasteiger partial charge in [0.2, 0.25) is 11.8 Å². The lowest BCUT2D eigenvalue weighted by Crippen LogP contribution is -2.49. The molecular weight excluding hydrogens is 394 g/mol. The summed E-state index contributed by atoms with van der Waals surface area (Å²) >= 11 is 0. The number of carbonyl (C=O) groups excluding carboxylic acids is 1.